The number of aromatic nitrogens is 2. The molecule has 0 radical (unpaired) electrons. The van der Waals surface area contributed by atoms with Crippen molar-refractivity contribution in [2.75, 3.05) is 10.6 Å². The first kappa shape index (κ1) is 22.4. The second-order valence-electron chi connectivity index (χ2n) is 6.67. The van der Waals surface area contributed by atoms with E-state index in [1.165, 1.54) is 4.68 Å². The number of hydrogen-bond acceptors (Lipinski definition) is 4. The van der Waals surface area contributed by atoms with E-state index >= 15 is 0 Å². The van der Waals surface area contributed by atoms with Gasteiger partial charge >= 0.3 is 6.03 Å². The summed E-state index contributed by atoms with van der Waals surface area (Å²) in [7, 11) is 0. The Balaban J connectivity index is 1.63. The molecule has 0 spiro atoms. The SMILES string of the molecule is Cc1ccc(-c2cn(N=Cc3ccc(Cl)cc3Cl)c(NC(=O)Nc3ccccc3Cl)n2)s1. The van der Waals surface area contributed by atoms with Crippen LogP contribution in [0.1, 0.15) is 10.4 Å². The molecule has 2 N–H and O–H groups in total. The number of carbonyl (C=O) groups is 1. The van der Waals surface area contributed by atoms with Crippen molar-refractivity contribution >= 4 is 70.0 Å². The van der Waals surface area contributed by atoms with Crippen molar-refractivity contribution in [2.24, 2.45) is 5.10 Å². The van der Waals surface area contributed by atoms with Crippen molar-refractivity contribution in [3.63, 3.8) is 0 Å². The zero-order valence-electron chi connectivity index (χ0n) is 16.6. The molecule has 4 rings (SSSR count). The third-order valence-electron chi connectivity index (χ3n) is 4.31. The highest BCUT2D eigenvalue weighted by molar-refractivity contribution is 7.15. The fourth-order valence-corrected chi connectivity index (χ4v) is 4.25. The minimum atomic E-state index is -0.501. The summed E-state index contributed by atoms with van der Waals surface area (Å²) in [6.07, 6.45) is 3.30. The number of rotatable bonds is 5. The van der Waals surface area contributed by atoms with Gasteiger partial charge in [0.1, 0.15) is 5.69 Å². The van der Waals surface area contributed by atoms with Crippen LogP contribution >= 0.6 is 46.1 Å². The van der Waals surface area contributed by atoms with Crippen LogP contribution in [0.4, 0.5) is 16.4 Å². The van der Waals surface area contributed by atoms with E-state index in [9.17, 15) is 4.79 Å². The zero-order chi connectivity index (χ0) is 22.7. The fraction of sp³-hybridized carbons (Fsp3) is 0.0455. The van der Waals surface area contributed by atoms with Gasteiger partial charge in [-0.3, -0.25) is 5.32 Å². The number of halogens is 3. The van der Waals surface area contributed by atoms with Crippen LogP contribution in [0.25, 0.3) is 10.6 Å². The first-order valence-electron chi connectivity index (χ1n) is 9.37. The maximum Gasteiger partial charge on any atom is 0.326 e. The van der Waals surface area contributed by atoms with E-state index in [1.54, 1.807) is 66.2 Å². The van der Waals surface area contributed by atoms with Gasteiger partial charge in [0, 0.05) is 15.5 Å². The first-order valence-corrected chi connectivity index (χ1v) is 11.3. The maximum absolute atomic E-state index is 12.6. The van der Waals surface area contributed by atoms with Gasteiger partial charge in [-0.05, 0) is 43.3 Å². The normalized spacial score (nSPS) is 11.1. The van der Waals surface area contributed by atoms with Gasteiger partial charge in [-0.2, -0.15) is 5.10 Å². The van der Waals surface area contributed by atoms with Crippen molar-refractivity contribution in [3.05, 3.63) is 86.3 Å². The predicted molar refractivity (Wildman–Crippen MR) is 134 cm³/mol. The number of carbonyl (C=O) groups excluding carboxylic acids is 1. The molecule has 0 aliphatic heterocycles. The second kappa shape index (κ2) is 9.75. The molecule has 0 fully saturated rings. The van der Waals surface area contributed by atoms with Crippen LogP contribution < -0.4 is 10.6 Å². The number of benzene rings is 2. The summed E-state index contributed by atoms with van der Waals surface area (Å²) < 4.78 is 1.47. The molecule has 0 aliphatic rings. The fourth-order valence-electron chi connectivity index (χ4n) is 2.78. The number of hydrogen-bond donors (Lipinski definition) is 2. The van der Waals surface area contributed by atoms with Gasteiger partial charge in [0.05, 0.1) is 33.0 Å². The van der Waals surface area contributed by atoms with E-state index in [2.05, 4.69) is 20.7 Å². The Morgan fingerprint density at radius 2 is 1.88 bits per heavy atom. The van der Waals surface area contributed by atoms with Gasteiger partial charge in [0.15, 0.2) is 0 Å². The topological polar surface area (TPSA) is 71.3 Å². The van der Waals surface area contributed by atoms with Crippen LogP contribution in [0.2, 0.25) is 15.1 Å². The summed E-state index contributed by atoms with van der Waals surface area (Å²) >= 11 is 19.9. The smallest absolute Gasteiger partial charge is 0.306 e. The lowest BCUT2D eigenvalue weighted by Crippen LogP contribution is -2.21. The highest BCUT2D eigenvalue weighted by Gasteiger charge is 2.14. The van der Waals surface area contributed by atoms with Gasteiger partial charge in [-0.1, -0.05) is 53.0 Å². The lowest BCUT2D eigenvalue weighted by Gasteiger charge is -2.08. The van der Waals surface area contributed by atoms with E-state index in [-0.39, 0.29) is 5.95 Å². The van der Waals surface area contributed by atoms with Gasteiger partial charge in [0.25, 0.3) is 0 Å². The minimum absolute atomic E-state index is 0.233. The summed E-state index contributed by atoms with van der Waals surface area (Å²) in [5.74, 6) is 0.233. The molecule has 0 saturated carbocycles. The van der Waals surface area contributed by atoms with Crippen LogP contribution in [0.15, 0.2) is 65.9 Å². The van der Waals surface area contributed by atoms with Crippen LogP contribution in [-0.2, 0) is 0 Å². The quantitative estimate of drug-likeness (QED) is 0.278. The number of amides is 2. The molecular formula is C22H16Cl3N5OS. The van der Waals surface area contributed by atoms with Gasteiger partial charge < -0.3 is 5.32 Å². The van der Waals surface area contributed by atoms with Gasteiger partial charge in [-0.15, -0.1) is 11.3 Å². The van der Waals surface area contributed by atoms with Crippen molar-refractivity contribution in [2.45, 2.75) is 6.92 Å². The monoisotopic (exact) mass is 503 g/mol. The van der Waals surface area contributed by atoms with Gasteiger partial charge in [-0.25, -0.2) is 14.5 Å². The van der Waals surface area contributed by atoms with Crippen molar-refractivity contribution in [1.29, 1.82) is 0 Å². The molecule has 2 heterocycles. The largest absolute Gasteiger partial charge is 0.326 e. The molecule has 2 aromatic heterocycles. The molecule has 4 aromatic rings. The Kier molecular flexibility index (Phi) is 6.81. The molecule has 10 heteroatoms. The van der Waals surface area contributed by atoms with E-state index in [1.807, 2.05) is 19.1 Å². The van der Waals surface area contributed by atoms with Crippen LogP contribution in [-0.4, -0.2) is 21.9 Å². The molecule has 6 nitrogen and oxygen atoms in total. The number of aryl methyl sites for hydroxylation is 1. The maximum atomic E-state index is 12.6. The van der Waals surface area contributed by atoms with Crippen LogP contribution in [0.5, 0.6) is 0 Å². The first-order chi connectivity index (χ1) is 15.4. The highest BCUT2D eigenvalue weighted by atomic mass is 35.5. The van der Waals surface area contributed by atoms with Gasteiger partial charge in [0.2, 0.25) is 5.95 Å². The predicted octanol–water partition coefficient (Wildman–Crippen LogP) is 7.41. The summed E-state index contributed by atoms with van der Waals surface area (Å²) in [6.45, 7) is 2.02. The number of imidazole rings is 1. The molecule has 0 unspecified atom stereocenters. The third kappa shape index (κ3) is 5.31. The van der Waals surface area contributed by atoms with Crippen molar-refractivity contribution < 1.29 is 4.79 Å². The molecule has 32 heavy (non-hydrogen) atoms. The molecule has 2 aromatic carbocycles. The van der Waals surface area contributed by atoms with E-state index < -0.39 is 6.03 Å². The van der Waals surface area contributed by atoms with Crippen molar-refractivity contribution in [1.82, 2.24) is 9.66 Å². The van der Waals surface area contributed by atoms with E-state index in [4.69, 9.17) is 34.8 Å². The minimum Gasteiger partial charge on any atom is -0.306 e. The molecular weight excluding hydrogens is 489 g/mol. The van der Waals surface area contributed by atoms with E-state index in [0.29, 0.717) is 32.0 Å². The summed E-state index contributed by atoms with van der Waals surface area (Å²) in [5.41, 5.74) is 1.83. The molecule has 0 saturated heterocycles. The number of anilines is 2. The van der Waals surface area contributed by atoms with Crippen LogP contribution in [0, 0.1) is 6.92 Å². The summed E-state index contributed by atoms with van der Waals surface area (Å²) in [6, 6.07) is 15.5. The average Bonchev–Trinajstić information content (AvgIpc) is 3.35. The number of para-hydroxylation sites is 1. The third-order valence-corrected chi connectivity index (χ3v) is 6.23. The summed E-state index contributed by atoms with van der Waals surface area (Å²) in [5, 5.41) is 11.3. The second-order valence-corrected chi connectivity index (χ2v) is 9.21. The number of thiophene rings is 1. The number of nitrogens with one attached hydrogen (secondary N) is 2. The van der Waals surface area contributed by atoms with E-state index in [0.717, 1.165) is 9.75 Å². The molecule has 0 bridgehead atoms. The molecule has 2 amide bonds. The van der Waals surface area contributed by atoms with Crippen molar-refractivity contribution in [3.8, 4) is 10.6 Å². The Morgan fingerprint density at radius 3 is 2.59 bits per heavy atom. The molecule has 0 atom stereocenters. The lowest BCUT2D eigenvalue weighted by atomic mass is 10.2. The highest BCUT2D eigenvalue weighted by Crippen LogP contribution is 2.29. The lowest BCUT2D eigenvalue weighted by molar-refractivity contribution is 0.262. The zero-order valence-corrected chi connectivity index (χ0v) is 19.7. The number of urea groups is 1. The Morgan fingerprint density at radius 1 is 1.06 bits per heavy atom. The average molecular weight is 505 g/mol. The molecule has 0 aliphatic carbocycles. The summed E-state index contributed by atoms with van der Waals surface area (Å²) in [4.78, 5) is 19.2. The Hall–Kier alpha value is -2.84. The molecule has 162 valence electrons. The Labute approximate surface area is 203 Å². The Bertz CT molecular complexity index is 1310. The van der Waals surface area contributed by atoms with Crippen LogP contribution in [0.3, 0.4) is 0 Å². The number of nitrogens with zero attached hydrogens (tertiary/aromatic N) is 3. The standard InChI is InChI=1S/C22H16Cl3N5OS/c1-13-6-9-20(32-13)19-12-30(26-11-14-7-8-15(23)10-17(14)25)21(27-19)29-22(31)28-18-5-3-2-4-16(18)24/h2-12H,1H3,(H2,27,28,29,31).